The lowest BCUT2D eigenvalue weighted by Crippen LogP contribution is -2.33. The number of pyridine rings is 1. The van der Waals surface area contributed by atoms with Crippen molar-refractivity contribution in [3.8, 4) is 0 Å². The SMILES string of the molecule is Nc1ccncc1C(=O)C1CNCc2ccccc21. The first-order valence-corrected chi connectivity index (χ1v) is 6.29. The Kier molecular flexibility index (Phi) is 3.01. The number of ketones is 1. The molecule has 0 radical (unpaired) electrons. The van der Waals surface area contributed by atoms with Crippen molar-refractivity contribution in [2.45, 2.75) is 12.5 Å². The molecule has 0 aliphatic carbocycles. The molecule has 1 unspecified atom stereocenters. The number of nitrogens with one attached hydrogen (secondary N) is 1. The van der Waals surface area contributed by atoms with Gasteiger partial charge < -0.3 is 11.1 Å². The van der Waals surface area contributed by atoms with E-state index in [1.807, 2.05) is 24.3 Å². The van der Waals surface area contributed by atoms with Crippen molar-refractivity contribution in [2.24, 2.45) is 0 Å². The summed E-state index contributed by atoms with van der Waals surface area (Å²) in [6.07, 6.45) is 3.15. The highest BCUT2D eigenvalue weighted by molar-refractivity contribution is 6.05. The van der Waals surface area contributed by atoms with E-state index in [1.165, 1.54) is 5.56 Å². The van der Waals surface area contributed by atoms with Gasteiger partial charge in [0.15, 0.2) is 5.78 Å². The standard InChI is InChI=1S/C15H15N3O/c16-14-5-6-17-9-13(14)15(19)12-8-18-7-10-3-1-2-4-11(10)12/h1-6,9,12,18H,7-8H2,(H2,16,17). The highest BCUT2D eigenvalue weighted by Crippen LogP contribution is 2.28. The largest absolute Gasteiger partial charge is 0.398 e. The number of carbonyl (C=O) groups is 1. The van der Waals surface area contributed by atoms with Crippen LogP contribution in [0.1, 0.15) is 27.4 Å². The Labute approximate surface area is 111 Å². The molecule has 3 N–H and O–H groups in total. The van der Waals surface area contributed by atoms with Crippen molar-refractivity contribution >= 4 is 11.5 Å². The van der Waals surface area contributed by atoms with Crippen molar-refractivity contribution < 1.29 is 4.79 Å². The van der Waals surface area contributed by atoms with Crippen LogP contribution in [0.4, 0.5) is 5.69 Å². The second-order valence-electron chi connectivity index (χ2n) is 4.71. The summed E-state index contributed by atoms with van der Waals surface area (Å²) in [7, 11) is 0. The van der Waals surface area contributed by atoms with Crippen LogP contribution in [-0.4, -0.2) is 17.3 Å². The average Bonchev–Trinajstić information content (AvgIpc) is 2.46. The molecule has 1 atom stereocenters. The molecule has 19 heavy (non-hydrogen) atoms. The highest BCUT2D eigenvalue weighted by atomic mass is 16.1. The summed E-state index contributed by atoms with van der Waals surface area (Å²) in [5, 5.41) is 3.28. The van der Waals surface area contributed by atoms with E-state index in [2.05, 4.69) is 10.3 Å². The van der Waals surface area contributed by atoms with E-state index in [0.29, 0.717) is 17.8 Å². The maximum Gasteiger partial charge on any atom is 0.175 e. The average molecular weight is 253 g/mol. The fourth-order valence-electron chi connectivity index (χ4n) is 2.53. The number of hydrogen-bond donors (Lipinski definition) is 2. The van der Waals surface area contributed by atoms with E-state index >= 15 is 0 Å². The summed E-state index contributed by atoms with van der Waals surface area (Å²) < 4.78 is 0. The Morgan fingerprint density at radius 2 is 2.16 bits per heavy atom. The number of fused-ring (bicyclic) bond motifs is 1. The number of nitrogen functional groups attached to an aromatic ring is 1. The lowest BCUT2D eigenvalue weighted by atomic mass is 9.85. The van der Waals surface area contributed by atoms with Gasteiger partial charge in [0, 0.05) is 31.2 Å². The van der Waals surface area contributed by atoms with Gasteiger partial charge in [-0.1, -0.05) is 24.3 Å². The summed E-state index contributed by atoms with van der Waals surface area (Å²) in [5.74, 6) is -0.151. The molecule has 0 fully saturated rings. The summed E-state index contributed by atoms with van der Waals surface area (Å²) >= 11 is 0. The van der Waals surface area contributed by atoms with Gasteiger partial charge in [0.2, 0.25) is 0 Å². The maximum atomic E-state index is 12.6. The van der Waals surface area contributed by atoms with Gasteiger partial charge in [-0.05, 0) is 17.2 Å². The number of hydrogen-bond acceptors (Lipinski definition) is 4. The van der Waals surface area contributed by atoms with Crippen LogP contribution in [0.5, 0.6) is 0 Å². The predicted octanol–water partition coefficient (Wildman–Crippen LogP) is 1.73. The first-order valence-electron chi connectivity index (χ1n) is 6.29. The van der Waals surface area contributed by atoms with E-state index in [9.17, 15) is 4.79 Å². The fourth-order valence-corrected chi connectivity index (χ4v) is 2.53. The number of nitrogens with zero attached hydrogens (tertiary/aromatic N) is 1. The third-order valence-corrected chi connectivity index (χ3v) is 3.53. The quantitative estimate of drug-likeness (QED) is 0.800. The molecule has 0 bridgehead atoms. The van der Waals surface area contributed by atoms with Crippen molar-refractivity contribution in [3.63, 3.8) is 0 Å². The van der Waals surface area contributed by atoms with Crippen molar-refractivity contribution in [2.75, 3.05) is 12.3 Å². The predicted molar refractivity (Wildman–Crippen MR) is 73.9 cm³/mol. The van der Waals surface area contributed by atoms with E-state index in [4.69, 9.17) is 5.73 Å². The minimum atomic E-state index is -0.184. The number of anilines is 1. The second kappa shape index (κ2) is 4.82. The summed E-state index contributed by atoms with van der Waals surface area (Å²) in [4.78, 5) is 16.6. The normalized spacial score (nSPS) is 17.8. The van der Waals surface area contributed by atoms with Crippen LogP contribution in [0.25, 0.3) is 0 Å². The lowest BCUT2D eigenvalue weighted by molar-refractivity contribution is 0.0955. The van der Waals surface area contributed by atoms with Crippen LogP contribution in [0.2, 0.25) is 0 Å². The number of aromatic nitrogens is 1. The molecular weight excluding hydrogens is 238 g/mol. The number of Topliss-reactive ketones (excluding diaryl/α,β-unsaturated/α-hetero) is 1. The molecular formula is C15H15N3O. The van der Waals surface area contributed by atoms with E-state index in [1.54, 1.807) is 18.5 Å². The molecule has 2 heterocycles. The summed E-state index contributed by atoms with van der Waals surface area (Å²) in [5.41, 5.74) is 9.13. The van der Waals surface area contributed by atoms with E-state index in [-0.39, 0.29) is 11.7 Å². The minimum absolute atomic E-state index is 0.0326. The third-order valence-electron chi connectivity index (χ3n) is 3.53. The first-order chi connectivity index (χ1) is 9.27. The van der Waals surface area contributed by atoms with Gasteiger partial charge >= 0.3 is 0 Å². The second-order valence-corrected chi connectivity index (χ2v) is 4.71. The van der Waals surface area contributed by atoms with E-state index < -0.39 is 0 Å². The third kappa shape index (κ3) is 2.11. The molecule has 96 valence electrons. The Morgan fingerprint density at radius 3 is 3.00 bits per heavy atom. The van der Waals surface area contributed by atoms with Crippen LogP contribution < -0.4 is 11.1 Å². The van der Waals surface area contributed by atoms with Gasteiger partial charge in [0.1, 0.15) is 0 Å². The molecule has 1 aromatic heterocycles. The molecule has 1 aromatic carbocycles. The minimum Gasteiger partial charge on any atom is -0.398 e. The zero-order valence-corrected chi connectivity index (χ0v) is 10.5. The Morgan fingerprint density at radius 1 is 1.32 bits per heavy atom. The summed E-state index contributed by atoms with van der Waals surface area (Å²) in [6, 6.07) is 9.69. The van der Waals surface area contributed by atoms with Gasteiger partial charge in [-0.25, -0.2) is 0 Å². The Bertz CT molecular complexity index is 624. The number of benzene rings is 1. The first kappa shape index (κ1) is 11.9. The molecule has 3 rings (SSSR count). The molecule has 0 amide bonds. The monoisotopic (exact) mass is 253 g/mol. The van der Waals surface area contributed by atoms with Gasteiger partial charge in [0.25, 0.3) is 0 Å². The molecule has 1 aliphatic rings. The zero-order valence-electron chi connectivity index (χ0n) is 10.5. The molecule has 2 aromatic rings. The molecule has 0 saturated heterocycles. The van der Waals surface area contributed by atoms with Crippen molar-refractivity contribution in [1.82, 2.24) is 10.3 Å². The molecule has 4 nitrogen and oxygen atoms in total. The number of carbonyl (C=O) groups excluding carboxylic acids is 1. The summed E-state index contributed by atoms with van der Waals surface area (Å²) in [6.45, 7) is 1.45. The van der Waals surface area contributed by atoms with Gasteiger partial charge in [0.05, 0.1) is 11.5 Å². The van der Waals surface area contributed by atoms with Gasteiger partial charge in [-0.3, -0.25) is 9.78 Å². The maximum absolute atomic E-state index is 12.6. The number of nitrogens with two attached hydrogens (primary N) is 1. The highest BCUT2D eigenvalue weighted by Gasteiger charge is 2.27. The Balaban J connectivity index is 2.00. The fraction of sp³-hybridized carbons (Fsp3) is 0.200. The topological polar surface area (TPSA) is 68.0 Å². The van der Waals surface area contributed by atoms with Crippen molar-refractivity contribution in [3.05, 3.63) is 59.4 Å². The van der Waals surface area contributed by atoms with E-state index in [0.717, 1.165) is 12.1 Å². The van der Waals surface area contributed by atoms with Crippen LogP contribution in [-0.2, 0) is 6.54 Å². The van der Waals surface area contributed by atoms with Crippen molar-refractivity contribution in [1.29, 1.82) is 0 Å². The van der Waals surface area contributed by atoms with Gasteiger partial charge in [-0.15, -0.1) is 0 Å². The molecule has 0 spiro atoms. The van der Waals surface area contributed by atoms with Crippen LogP contribution in [0.3, 0.4) is 0 Å². The zero-order chi connectivity index (χ0) is 13.2. The van der Waals surface area contributed by atoms with Crippen LogP contribution in [0, 0.1) is 0 Å². The molecule has 1 aliphatic heterocycles. The smallest absolute Gasteiger partial charge is 0.175 e. The van der Waals surface area contributed by atoms with Crippen LogP contribution >= 0.6 is 0 Å². The Hall–Kier alpha value is -2.20. The molecule has 4 heteroatoms. The van der Waals surface area contributed by atoms with Crippen LogP contribution in [0.15, 0.2) is 42.7 Å². The molecule has 0 saturated carbocycles. The van der Waals surface area contributed by atoms with Gasteiger partial charge in [-0.2, -0.15) is 0 Å². The lowest BCUT2D eigenvalue weighted by Gasteiger charge is -2.25. The number of rotatable bonds is 2.